The van der Waals surface area contributed by atoms with Crippen LogP contribution in [0.4, 0.5) is 5.69 Å². The second-order valence-corrected chi connectivity index (χ2v) is 8.65. The average Bonchev–Trinajstić information content (AvgIpc) is 3.18. The Morgan fingerprint density at radius 3 is 2.42 bits per heavy atom. The summed E-state index contributed by atoms with van der Waals surface area (Å²) < 4.78 is 1.89. The molecule has 0 aliphatic heterocycles. The van der Waals surface area contributed by atoms with E-state index in [1.54, 1.807) is 18.2 Å². The monoisotopic (exact) mass is 468 g/mol. The lowest BCUT2D eigenvalue weighted by Crippen LogP contribution is -2.14. The molecule has 0 aliphatic rings. The van der Waals surface area contributed by atoms with Crippen LogP contribution in [0.25, 0.3) is 17.1 Å². The number of thioether (sulfide) groups is 1. The van der Waals surface area contributed by atoms with E-state index in [4.69, 9.17) is 23.2 Å². The zero-order valence-corrected chi connectivity index (χ0v) is 18.9. The van der Waals surface area contributed by atoms with Crippen molar-refractivity contribution in [3.8, 4) is 17.1 Å². The summed E-state index contributed by atoms with van der Waals surface area (Å²) in [6.07, 6.45) is 0. The molecule has 0 aliphatic carbocycles. The van der Waals surface area contributed by atoms with Gasteiger partial charge in [-0.05, 0) is 55.5 Å². The van der Waals surface area contributed by atoms with Gasteiger partial charge in [0, 0.05) is 27.0 Å². The maximum atomic E-state index is 12.5. The number of nitrogens with one attached hydrogen (secondary N) is 1. The minimum Gasteiger partial charge on any atom is -0.325 e. The summed E-state index contributed by atoms with van der Waals surface area (Å²) in [5, 5.41) is 13.4. The summed E-state index contributed by atoms with van der Waals surface area (Å²) >= 11 is 13.5. The highest BCUT2D eigenvalue weighted by molar-refractivity contribution is 7.99. The fraction of sp³-hybridized carbons (Fsp3) is 0.0870. The number of aryl methyl sites for hydroxylation is 1. The molecular formula is C23H18Cl2N4OS. The van der Waals surface area contributed by atoms with Gasteiger partial charge < -0.3 is 5.32 Å². The van der Waals surface area contributed by atoms with E-state index in [1.807, 2.05) is 66.1 Å². The van der Waals surface area contributed by atoms with Gasteiger partial charge in [-0.3, -0.25) is 9.36 Å². The Labute approximate surface area is 194 Å². The van der Waals surface area contributed by atoms with Gasteiger partial charge in [-0.25, -0.2) is 0 Å². The molecule has 0 bridgehead atoms. The molecule has 5 nitrogen and oxygen atoms in total. The van der Waals surface area contributed by atoms with Crippen LogP contribution in [0, 0.1) is 6.92 Å². The molecule has 8 heteroatoms. The van der Waals surface area contributed by atoms with Crippen LogP contribution in [0.5, 0.6) is 0 Å². The topological polar surface area (TPSA) is 59.8 Å². The molecule has 0 fully saturated rings. The van der Waals surface area contributed by atoms with Crippen molar-refractivity contribution in [2.75, 3.05) is 11.1 Å². The van der Waals surface area contributed by atoms with Gasteiger partial charge in [0.25, 0.3) is 0 Å². The zero-order chi connectivity index (χ0) is 21.8. The Hall–Kier alpha value is -2.80. The van der Waals surface area contributed by atoms with E-state index in [0.717, 1.165) is 22.5 Å². The van der Waals surface area contributed by atoms with Crippen molar-refractivity contribution in [1.82, 2.24) is 14.8 Å². The number of carbonyl (C=O) groups excluding carboxylic acids is 1. The van der Waals surface area contributed by atoms with Crippen molar-refractivity contribution in [1.29, 1.82) is 0 Å². The largest absolute Gasteiger partial charge is 0.325 e. The number of aromatic nitrogens is 3. The van der Waals surface area contributed by atoms with Gasteiger partial charge >= 0.3 is 0 Å². The lowest BCUT2D eigenvalue weighted by Gasteiger charge is -2.11. The Morgan fingerprint density at radius 1 is 0.968 bits per heavy atom. The molecular weight excluding hydrogens is 451 g/mol. The highest BCUT2D eigenvalue weighted by Gasteiger charge is 2.17. The molecule has 1 N–H and O–H groups in total. The molecule has 4 rings (SSSR count). The summed E-state index contributed by atoms with van der Waals surface area (Å²) in [4.78, 5) is 12.5. The highest BCUT2D eigenvalue weighted by Crippen LogP contribution is 2.30. The number of hydrogen-bond donors (Lipinski definition) is 1. The summed E-state index contributed by atoms with van der Waals surface area (Å²) in [7, 11) is 0. The second kappa shape index (κ2) is 9.56. The molecule has 156 valence electrons. The van der Waals surface area contributed by atoms with Crippen LogP contribution < -0.4 is 5.32 Å². The zero-order valence-electron chi connectivity index (χ0n) is 16.5. The maximum absolute atomic E-state index is 12.5. The van der Waals surface area contributed by atoms with Gasteiger partial charge in [-0.15, -0.1) is 10.2 Å². The van der Waals surface area contributed by atoms with E-state index < -0.39 is 0 Å². The molecule has 1 heterocycles. The summed E-state index contributed by atoms with van der Waals surface area (Å²) in [5.74, 6) is 0.699. The summed E-state index contributed by atoms with van der Waals surface area (Å²) in [6, 6.07) is 22.5. The third-order valence-electron chi connectivity index (χ3n) is 4.47. The first-order chi connectivity index (χ1) is 15.0. The number of hydrogen-bond acceptors (Lipinski definition) is 4. The van der Waals surface area contributed by atoms with E-state index in [1.165, 1.54) is 11.8 Å². The van der Waals surface area contributed by atoms with Crippen LogP contribution in [0.15, 0.2) is 78.0 Å². The summed E-state index contributed by atoms with van der Waals surface area (Å²) in [6.45, 7) is 2.00. The molecule has 4 aromatic rings. The van der Waals surface area contributed by atoms with Crippen LogP contribution >= 0.6 is 35.0 Å². The number of amides is 1. The minimum atomic E-state index is -0.121. The van der Waals surface area contributed by atoms with Crippen LogP contribution in [-0.4, -0.2) is 26.4 Å². The van der Waals surface area contributed by atoms with Crippen molar-refractivity contribution in [2.24, 2.45) is 0 Å². The third kappa shape index (κ3) is 5.28. The number of benzene rings is 3. The Morgan fingerprint density at radius 2 is 1.71 bits per heavy atom. The minimum absolute atomic E-state index is 0.121. The molecule has 0 spiro atoms. The van der Waals surface area contributed by atoms with E-state index in [2.05, 4.69) is 15.5 Å². The number of carbonyl (C=O) groups is 1. The van der Waals surface area contributed by atoms with Gasteiger partial charge in [-0.1, -0.05) is 64.8 Å². The molecule has 1 aromatic heterocycles. The van der Waals surface area contributed by atoms with Gasteiger partial charge in [0.2, 0.25) is 5.91 Å². The number of anilines is 1. The molecule has 1 amide bonds. The van der Waals surface area contributed by atoms with Gasteiger partial charge in [-0.2, -0.15) is 0 Å². The number of rotatable bonds is 6. The summed E-state index contributed by atoms with van der Waals surface area (Å²) in [5.41, 5.74) is 3.56. The van der Waals surface area contributed by atoms with E-state index in [0.29, 0.717) is 21.0 Å². The highest BCUT2D eigenvalue weighted by atomic mass is 35.5. The molecule has 0 saturated carbocycles. The van der Waals surface area contributed by atoms with Gasteiger partial charge in [0.1, 0.15) is 0 Å². The van der Waals surface area contributed by atoms with Crippen LogP contribution in [-0.2, 0) is 4.79 Å². The van der Waals surface area contributed by atoms with Crippen LogP contribution in [0.1, 0.15) is 5.56 Å². The van der Waals surface area contributed by atoms with Crippen molar-refractivity contribution in [3.63, 3.8) is 0 Å². The smallest absolute Gasteiger partial charge is 0.234 e. The molecule has 31 heavy (non-hydrogen) atoms. The lowest BCUT2D eigenvalue weighted by molar-refractivity contribution is -0.113. The average molecular weight is 469 g/mol. The van der Waals surface area contributed by atoms with E-state index in [-0.39, 0.29) is 11.7 Å². The fourth-order valence-electron chi connectivity index (χ4n) is 2.96. The third-order valence-corrected chi connectivity index (χ3v) is 5.88. The first kappa shape index (κ1) is 21.4. The standard InChI is InChI=1S/C23H18Cl2N4OS/c1-15-5-9-19(10-6-15)26-21(30)14-31-23-28-27-22(16-3-2-4-18(25)13-16)29(23)20-11-7-17(24)8-12-20/h2-13H,14H2,1H3,(H,26,30). The lowest BCUT2D eigenvalue weighted by atomic mass is 10.2. The Balaban J connectivity index is 1.60. The molecule has 0 saturated heterocycles. The predicted molar refractivity (Wildman–Crippen MR) is 127 cm³/mol. The quantitative estimate of drug-likeness (QED) is 0.338. The maximum Gasteiger partial charge on any atom is 0.234 e. The Bertz CT molecular complexity index is 1210. The first-order valence-corrected chi connectivity index (χ1v) is 11.2. The molecule has 0 radical (unpaired) electrons. The van der Waals surface area contributed by atoms with E-state index in [9.17, 15) is 4.79 Å². The van der Waals surface area contributed by atoms with Crippen LogP contribution in [0.2, 0.25) is 10.0 Å². The molecule has 3 aromatic carbocycles. The van der Waals surface area contributed by atoms with E-state index >= 15 is 0 Å². The second-order valence-electron chi connectivity index (χ2n) is 6.83. The van der Waals surface area contributed by atoms with Gasteiger partial charge in [0.05, 0.1) is 5.75 Å². The first-order valence-electron chi connectivity index (χ1n) is 9.46. The van der Waals surface area contributed by atoms with Crippen molar-refractivity contribution >= 4 is 46.6 Å². The normalized spacial score (nSPS) is 10.8. The molecule has 0 unspecified atom stereocenters. The van der Waals surface area contributed by atoms with Crippen molar-refractivity contribution in [2.45, 2.75) is 12.1 Å². The predicted octanol–water partition coefficient (Wildman–Crippen LogP) is 6.28. The fourth-order valence-corrected chi connectivity index (χ4v) is 4.03. The number of halogens is 2. The van der Waals surface area contributed by atoms with Crippen LogP contribution in [0.3, 0.4) is 0 Å². The number of nitrogens with zero attached hydrogens (tertiary/aromatic N) is 3. The van der Waals surface area contributed by atoms with Gasteiger partial charge in [0.15, 0.2) is 11.0 Å². The molecule has 0 atom stereocenters. The Kier molecular flexibility index (Phi) is 6.61. The van der Waals surface area contributed by atoms with Crippen molar-refractivity contribution < 1.29 is 4.79 Å². The van der Waals surface area contributed by atoms with Crippen molar-refractivity contribution in [3.05, 3.63) is 88.4 Å². The SMILES string of the molecule is Cc1ccc(NC(=O)CSc2nnc(-c3cccc(Cl)c3)n2-c2ccc(Cl)cc2)cc1.